The van der Waals surface area contributed by atoms with Gasteiger partial charge in [0.1, 0.15) is 0 Å². The van der Waals surface area contributed by atoms with Gasteiger partial charge in [-0.25, -0.2) is 4.98 Å². The molecule has 18 heavy (non-hydrogen) atoms. The Labute approximate surface area is 114 Å². The third-order valence-corrected chi connectivity index (χ3v) is 3.45. The molecule has 1 N–H and O–H groups in total. The van der Waals surface area contributed by atoms with Crippen molar-refractivity contribution in [1.29, 1.82) is 0 Å². The summed E-state index contributed by atoms with van der Waals surface area (Å²) in [7, 11) is 3.88. The molecule has 1 rings (SSSR count). The molecule has 0 aromatic carbocycles. The minimum Gasteiger partial charge on any atom is -0.383 e. The fourth-order valence-corrected chi connectivity index (χ4v) is 2.32. The Kier molecular flexibility index (Phi) is 7.42. The summed E-state index contributed by atoms with van der Waals surface area (Å²) in [5.74, 6) is 0.678. The van der Waals surface area contributed by atoms with Crippen LogP contribution in [0.4, 0.5) is 0 Å². The third-order valence-electron chi connectivity index (χ3n) is 2.81. The second-order valence-electron chi connectivity index (χ2n) is 5.06. The lowest BCUT2D eigenvalue weighted by atomic mass is 10.2. The second kappa shape index (κ2) is 8.58. The van der Waals surface area contributed by atoms with Crippen LogP contribution in [0.1, 0.15) is 19.5 Å². The highest BCUT2D eigenvalue weighted by atomic mass is 32.1. The van der Waals surface area contributed by atoms with Crippen LogP contribution < -0.4 is 5.32 Å². The highest BCUT2D eigenvalue weighted by Crippen LogP contribution is 2.07. The van der Waals surface area contributed by atoms with Crippen LogP contribution in [0.15, 0.2) is 10.9 Å². The van der Waals surface area contributed by atoms with Gasteiger partial charge in [0, 0.05) is 31.6 Å². The van der Waals surface area contributed by atoms with E-state index in [4.69, 9.17) is 4.74 Å². The Morgan fingerprint density at radius 1 is 1.44 bits per heavy atom. The van der Waals surface area contributed by atoms with Crippen molar-refractivity contribution in [2.45, 2.75) is 26.4 Å². The van der Waals surface area contributed by atoms with Gasteiger partial charge in [0.15, 0.2) is 0 Å². The monoisotopic (exact) mass is 271 g/mol. The molecule has 0 aliphatic rings. The van der Waals surface area contributed by atoms with E-state index in [1.165, 1.54) is 0 Å². The lowest BCUT2D eigenvalue weighted by Crippen LogP contribution is -2.43. The summed E-state index contributed by atoms with van der Waals surface area (Å²) in [5.41, 5.74) is 3.01. The standard InChI is InChI=1S/C13H25N3OS/c1-11(2)5-14-6-13(8-17-4)16(3)7-12-9-18-10-15-12/h9-11,13-14H,5-8H2,1-4H3. The van der Waals surface area contributed by atoms with Crippen LogP contribution in [0.2, 0.25) is 0 Å². The van der Waals surface area contributed by atoms with Crippen LogP contribution in [-0.4, -0.2) is 49.8 Å². The van der Waals surface area contributed by atoms with E-state index in [1.54, 1.807) is 18.4 Å². The van der Waals surface area contributed by atoms with Crippen molar-refractivity contribution in [2.24, 2.45) is 5.92 Å². The summed E-state index contributed by atoms with van der Waals surface area (Å²) >= 11 is 1.64. The quantitative estimate of drug-likeness (QED) is 0.743. The number of methoxy groups -OCH3 is 1. The van der Waals surface area contributed by atoms with Gasteiger partial charge < -0.3 is 10.1 Å². The first-order chi connectivity index (χ1) is 8.63. The number of nitrogens with zero attached hydrogens (tertiary/aromatic N) is 2. The van der Waals surface area contributed by atoms with Crippen LogP contribution in [0.25, 0.3) is 0 Å². The molecule has 0 saturated heterocycles. The molecule has 0 radical (unpaired) electrons. The summed E-state index contributed by atoms with van der Waals surface area (Å²) in [4.78, 5) is 6.62. The van der Waals surface area contributed by atoms with Gasteiger partial charge in [-0.05, 0) is 19.5 Å². The molecule has 0 amide bonds. The number of rotatable bonds is 9. The molecule has 0 saturated carbocycles. The zero-order chi connectivity index (χ0) is 13.4. The Bertz CT molecular complexity index is 303. The maximum atomic E-state index is 5.30. The Balaban J connectivity index is 2.39. The van der Waals surface area contributed by atoms with Gasteiger partial charge in [0.2, 0.25) is 0 Å². The molecule has 0 aliphatic heterocycles. The fraction of sp³-hybridized carbons (Fsp3) is 0.769. The molecule has 1 aromatic heterocycles. The van der Waals surface area contributed by atoms with E-state index in [2.05, 4.69) is 41.5 Å². The van der Waals surface area contributed by atoms with Crippen molar-refractivity contribution in [1.82, 2.24) is 15.2 Å². The molecular weight excluding hydrogens is 246 g/mol. The Hall–Kier alpha value is -0.490. The number of aromatic nitrogens is 1. The lowest BCUT2D eigenvalue weighted by molar-refractivity contribution is 0.100. The van der Waals surface area contributed by atoms with E-state index in [9.17, 15) is 0 Å². The normalized spacial score (nSPS) is 13.4. The van der Waals surface area contributed by atoms with E-state index < -0.39 is 0 Å². The Morgan fingerprint density at radius 2 is 2.22 bits per heavy atom. The maximum absolute atomic E-state index is 5.30. The van der Waals surface area contributed by atoms with Gasteiger partial charge in [0.25, 0.3) is 0 Å². The minimum atomic E-state index is 0.385. The zero-order valence-electron chi connectivity index (χ0n) is 11.8. The molecule has 1 heterocycles. The van der Waals surface area contributed by atoms with Gasteiger partial charge in [0.05, 0.1) is 17.8 Å². The first kappa shape index (κ1) is 15.6. The summed E-state index contributed by atoms with van der Waals surface area (Å²) in [6, 6.07) is 0.385. The zero-order valence-corrected chi connectivity index (χ0v) is 12.7. The SMILES string of the molecule is COCC(CNCC(C)C)N(C)Cc1cscn1. The van der Waals surface area contributed by atoms with E-state index in [-0.39, 0.29) is 0 Å². The first-order valence-corrected chi connectivity index (χ1v) is 7.34. The molecule has 0 bridgehead atoms. The molecular formula is C13H25N3OS. The average Bonchev–Trinajstić information content (AvgIpc) is 2.80. The van der Waals surface area contributed by atoms with E-state index >= 15 is 0 Å². The van der Waals surface area contributed by atoms with Gasteiger partial charge >= 0.3 is 0 Å². The topological polar surface area (TPSA) is 37.4 Å². The first-order valence-electron chi connectivity index (χ1n) is 6.40. The van der Waals surface area contributed by atoms with E-state index in [0.29, 0.717) is 12.0 Å². The number of hydrogen-bond donors (Lipinski definition) is 1. The van der Waals surface area contributed by atoms with Gasteiger partial charge in [-0.15, -0.1) is 11.3 Å². The van der Waals surface area contributed by atoms with Crippen LogP contribution >= 0.6 is 11.3 Å². The predicted molar refractivity (Wildman–Crippen MR) is 77.0 cm³/mol. The molecule has 4 nitrogen and oxygen atoms in total. The number of nitrogens with one attached hydrogen (secondary N) is 1. The molecule has 5 heteroatoms. The average molecular weight is 271 g/mol. The highest BCUT2D eigenvalue weighted by molar-refractivity contribution is 7.07. The lowest BCUT2D eigenvalue weighted by Gasteiger charge is -2.27. The van der Waals surface area contributed by atoms with Gasteiger partial charge in [-0.3, -0.25) is 4.90 Å². The minimum absolute atomic E-state index is 0.385. The maximum Gasteiger partial charge on any atom is 0.0795 e. The van der Waals surface area contributed by atoms with Crippen molar-refractivity contribution in [2.75, 3.05) is 33.9 Å². The summed E-state index contributed by atoms with van der Waals surface area (Å²) in [6.45, 7) is 8.05. The summed E-state index contributed by atoms with van der Waals surface area (Å²) < 4.78 is 5.30. The van der Waals surface area contributed by atoms with Crippen molar-refractivity contribution in [3.8, 4) is 0 Å². The van der Waals surface area contributed by atoms with Crippen molar-refractivity contribution >= 4 is 11.3 Å². The largest absolute Gasteiger partial charge is 0.383 e. The van der Waals surface area contributed by atoms with E-state index in [1.807, 2.05) is 5.51 Å². The fourth-order valence-electron chi connectivity index (χ4n) is 1.77. The molecule has 1 atom stereocenters. The third kappa shape index (κ3) is 5.91. The molecule has 1 aromatic rings. The van der Waals surface area contributed by atoms with Crippen LogP contribution in [0.3, 0.4) is 0 Å². The second-order valence-corrected chi connectivity index (χ2v) is 5.77. The summed E-state index contributed by atoms with van der Waals surface area (Å²) in [6.07, 6.45) is 0. The van der Waals surface area contributed by atoms with Crippen molar-refractivity contribution < 1.29 is 4.74 Å². The highest BCUT2D eigenvalue weighted by Gasteiger charge is 2.15. The molecule has 1 unspecified atom stereocenters. The van der Waals surface area contributed by atoms with Crippen LogP contribution in [-0.2, 0) is 11.3 Å². The van der Waals surface area contributed by atoms with Crippen LogP contribution in [0.5, 0.6) is 0 Å². The molecule has 0 fully saturated rings. The molecule has 0 aliphatic carbocycles. The summed E-state index contributed by atoms with van der Waals surface area (Å²) in [5, 5.41) is 5.59. The number of ether oxygens (including phenoxy) is 1. The van der Waals surface area contributed by atoms with E-state index in [0.717, 1.165) is 31.9 Å². The van der Waals surface area contributed by atoms with Gasteiger partial charge in [-0.1, -0.05) is 13.8 Å². The van der Waals surface area contributed by atoms with Crippen LogP contribution in [0, 0.1) is 5.92 Å². The smallest absolute Gasteiger partial charge is 0.0795 e. The number of likely N-dealkylation sites (N-methyl/N-ethyl adjacent to an activating group) is 1. The van der Waals surface area contributed by atoms with Crippen molar-refractivity contribution in [3.63, 3.8) is 0 Å². The molecule has 104 valence electrons. The van der Waals surface area contributed by atoms with Crippen molar-refractivity contribution in [3.05, 3.63) is 16.6 Å². The van der Waals surface area contributed by atoms with Gasteiger partial charge in [-0.2, -0.15) is 0 Å². The molecule has 0 spiro atoms. The predicted octanol–water partition coefficient (Wildman–Crippen LogP) is 1.84. The Morgan fingerprint density at radius 3 is 2.78 bits per heavy atom. The number of hydrogen-bond acceptors (Lipinski definition) is 5. The number of thiazole rings is 1.